The zero-order valence-electron chi connectivity index (χ0n) is 28.3. The van der Waals surface area contributed by atoms with Crippen LogP contribution in [-0.2, 0) is 19.1 Å². The summed E-state index contributed by atoms with van der Waals surface area (Å²) in [5, 5.41) is 17.7. The zero-order valence-corrected chi connectivity index (χ0v) is 29.0. The van der Waals surface area contributed by atoms with Gasteiger partial charge in [-0.2, -0.15) is 0 Å². The average molecular weight is 703 g/mol. The molecule has 0 aliphatic carbocycles. The van der Waals surface area contributed by atoms with E-state index in [9.17, 15) is 28.7 Å². The van der Waals surface area contributed by atoms with Crippen molar-refractivity contribution in [3.05, 3.63) is 58.8 Å². The number of rotatable bonds is 7. The van der Waals surface area contributed by atoms with Crippen LogP contribution in [0.25, 0.3) is 11.3 Å². The Labute approximate surface area is 289 Å². The molecule has 2 amide bonds. The van der Waals surface area contributed by atoms with E-state index in [4.69, 9.17) is 16.3 Å². The van der Waals surface area contributed by atoms with E-state index < -0.39 is 36.1 Å². The van der Waals surface area contributed by atoms with Gasteiger partial charge in [0.15, 0.2) is 5.82 Å². The van der Waals surface area contributed by atoms with Crippen LogP contribution in [0.2, 0.25) is 5.02 Å². The van der Waals surface area contributed by atoms with Crippen molar-refractivity contribution in [3.63, 3.8) is 0 Å². The third kappa shape index (κ3) is 10.6. The number of hydrogen-bond donors (Lipinski definition) is 5. The van der Waals surface area contributed by atoms with Crippen molar-refractivity contribution in [2.45, 2.75) is 70.4 Å². The number of benzene rings is 2. The quantitative estimate of drug-likeness (QED) is 0.156. The van der Waals surface area contributed by atoms with Crippen molar-refractivity contribution in [2.75, 3.05) is 43.7 Å². The van der Waals surface area contributed by atoms with Crippen LogP contribution in [0.5, 0.6) is 0 Å². The Morgan fingerprint density at radius 2 is 1.92 bits per heavy atom. The number of aliphatic carboxylic acids is 1. The maximum Gasteiger partial charge on any atom is 0.412 e. The van der Waals surface area contributed by atoms with Gasteiger partial charge in [-0.1, -0.05) is 38.3 Å². The third-order valence-electron chi connectivity index (χ3n) is 7.75. The van der Waals surface area contributed by atoms with Crippen LogP contribution in [0.3, 0.4) is 0 Å². The number of nitrogens with zero attached hydrogens (tertiary/aromatic N) is 2. The molecule has 2 bridgehead atoms. The molecule has 3 aromatic rings. The van der Waals surface area contributed by atoms with Gasteiger partial charge in [0, 0.05) is 16.9 Å². The Kier molecular flexibility index (Phi) is 14.8. The minimum atomic E-state index is -0.966. The molecule has 0 fully saturated rings. The number of anilines is 3. The van der Waals surface area contributed by atoms with Gasteiger partial charge < -0.3 is 34.6 Å². The lowest BCUT2D eigenvalue weighted by Gasteiger charge is -2.27. The highest BCUT2D eigenvalue weighted by molar-refractivity contribution is 6.31. The van der Waals surface area contributed by atoms with Gasteiger partial charge in [-0.15, -0.1) is 0 Å². The van der Waals surface area contributed by atoms with E-state index >= 15 is 0 Å². The summed E-state index contributed by atoms with van der Waals surface area (Å²) in [6.07, 6.45) is 4.47. The highest BCUT2D eigenvalue weighted by Gasteiger charge is 2.30. The fourth-order valence-corrected chi connectivity index (χ4v) is 5.51. The Hall–Kier alpha value is -4.69. The maximum atomic E-state index is 14.1. The van der Waals surface area contributed by atoms with Gasteiger partial charge in [0.1, 0.15) is 24.3 Å². The summed E-state index contributed by atoms with van der Waals surface area (Å²) in [6, 6.07) is 7.29. The van der Waals surface area contributed by atoms with E-state index in [-0.39, 0.29) is 10.9 Å². The first-order chi connectivity index (χ1) is 23.5. The normalized spacial score (nSPS) is 18.0. The molecule has 5 N–H and O–H groups in total. The number of aldehydes is 1. The Morgan fingerprint density at radius 1 is 1.18 bits per heavy atom. The number of ether oxygens (including phenoxy) is 2. The molecule has 15 heteroatoms. The van der Waals surface area contributed by atoms with Gasteiger partial charge in [0.05, 0.1) is 41.2 Å². The predicted molar refractivity (Wildman–Crippen MR) is 186 cm³/mol. The lowest BCUT2D eigenvalue weighted by Crippen LogP contribution is -2.29. The number of carboxylic acids is 1. The molecule has 2 aromatic carbocycles. The number of halogens is 2. The molecule has 3 atom stereocenters. The number of amides is 2. The van der Waals surface area contributed by atoms with Crippen LogP contribution in [0.4, 0.5) is 31.0 Å². The van der Waals surface area contributed by atoms with Crippen molar-refractivity contribution in [1.82, 2.24) is 14.9 Å². The van der Waals surface area contributed by atoms with E-state index in [1.165, 1.54) is 13.2 Å². The first-order valence-electron chi connectivity index (χ1n) is 16.1. The Bertz CT molecular complexity index is 1600. The molecule has 3 heterocycles. The molecular formula is C34H44ClFN6O7. The molecule has 0 spiro atoms. The second-order valence-electron chi connectivity index (χ2n) is 11.4. The summed E-state index contributed by atoms with van der Waals surface area (Å²) >= 11 is 5.78. The number of methoxy groups -OCH3 is 1. The number of carbonyl (C=O) groups excluding carboxylic acids is 3. The first-order valence-corrected chi connectivity index (χ1v) is 16.5. The van der Waals surface area contributed by atoms with Crippen LogP contribution < -0.4 is 16.0 Å². The Balaban J connectivity index is 0.000000270. The summed E-state index contributed by atoms with van der Waals surface area (Å²) in [6.45, 7) is 4.85. The number of hydrogen-bond acceptors (Lipinski definition) is 9. The fraction of sp³-hybridized carbons (Fsp3) is 0.441. The molecule has 0 saturated carbocycles. The third-order valence-corrected chi connectivity index (χ3v) is 8.04. The number of fused-ring (bicyclic) bond motifs is 5. The second-order valence-corrected chi connectivity index (χ2v) is 11.8. The number of aromatic amines is 1. The SMILES string of the molecule is CC.CN(C)CCCC1OC(=O)Nc2ccc(Cl)c(F)c21.COC(=O)Nc1ccc2c(c1)NC(C(=O)O)CCCCC(C=O)c1ncc-2[nH]1. The molecule has 13 nitrogen and oxygen atoms in total. The molecule has 1 aromatic heterocycles. The minimum absolute atomic E-state index is 0.0381. The summed E-state index contributed by atoms with van der Waals surface area (Å²) in [4.78, 5) is 55.6. The van der Waals surface area contributed by atoms with E-state index in [0.29, 0.717) is 71.8 Å². The molecule has 3 unspecified atom stereocenters. The van der Waals surface area contributed by atoms with Crippen molar-refractivity contribution < 1.29 is 38.1 Å². The summed E-state index contributed by atoms with van der Waals surface area (Å²) in [5.74, 6) is -1.25. The second kappa shape index (κ2) is 18.7. The van der Waals surface area contributed by atoms with Crippen LogP contribution in [0, 0.1) is 5.82 Å². The highest BCUT2D eigenvalue weighted by Crippen LogP contribution is 2.38. The number of carboxylic acid groups (broad SMARTS) is 1. The van der Waals surface area contributed by atoms with Crippen LogP contribution >= 0.6 is 11.6 Å². The molecule has 0 saturated heterocycles. The molecular weight excluding hydrogens is 659 g/mol. The zero-order chi connectivity index (χ0) is 36.1. The highest BCUT2D eigenvalue weighted by atomic mass is 35.5. The number of nitrogens with one attached hydrogen (secondary N) is 4. The van der Waals surface area contributed by atoms with Crippen molar-refractivity contribution in [2.24, 2.45) is 0 Å². The number of aromatic nitrogens is 2. The number of H-pyrrole nitrogens is 1. The van der Waals surface area contributed by atoms with Gasteiger partial charge in [-0.05, 0) is 76.7 Å². The molecule has 5 rings (SSSR count). The van der Waals surface area contributed by atoms with Crippen LogP contribution in [0.1, 0.15) is 75.8 Å². The summed E-state index contributed by atoms with van der Waals surface area (Å²) in [7, 11) is 5.18. The largest absolute Gasteiger partial charge is 0.480 e. The smallest absolute Gasteiger partial charge is 0.412 e. The maximum absolute atomic E-state index is 14.1. The lowest BCUT2D eigenvalue weighted by atomic mass is 9.99. The van der Waals surface area contributed by atoms with Gasteiger partial charge in [-0.3, -0.25) is 10.6 Å². The van der Waals surface area contributed by atoms with Crippen molar-refractivity contribution in [1.29, 1.82) is 0 Å². The predicted octanol–water partition coefficient (Wildman–Crippen LogP) is 7.43. The minimum Gasteiger partial charge on any atom is -0.480 e. The number of imidazole rings is 1. The Morgan fingerprint density at radius 3 is 2.59 bits per heavy atom. The van der Waals surface area contributed by atoms with Crippen molar-refractivity contribution >= 4 is 53.1 Å². The van der Waals surface area contributed by atoms with Crippen LogP contribution in [-0.4, -0.2) is 78.2 Å². The molecule has 0 radical (unpaired) electrons. The standard InChI is InChI=1S/C19H22N4O5.C13H16ClFN2O2.C2H6/c1-28-19(27)21-12-6-7-13-15(8-12)22-14(18(25)26)5-3-2-4-11(10-24)17-20-9-16(13)23-17;1-17(2)7-3-4-10-11-9(16-13(18)19-10)6-5-8(14)12(11)15;1-2/h6-11,14,22H,2-5H2,1H3,(H,20,23)(H,21,27)(H,25,26);5-6,10H,3-4,7H2,1-2H3,(H,16,18);1-2H3. The lowest BCUT2D eigenvalue weighted by molar-refractivity contribution is -0.138. The van der Waals surface area contributed by atoms with Gasteiger partial charge in [0.2, 0.25) is 0 Å². The van der Waals surface area contributed by atoms with E-state index in [1.807, 2.05) is 32.8 Å². The molecule has 2 aliphatic rings. The van der Waals surface area contributed by atoms with Gasteiger partial charge in [0.25, 0.3) is 0 Å². The van der Waals surface area contributed by atoms with Gasteiger partial charge in [-0.25, -0.2) is 23.8 Å². The topological polar surface area (TPSA) is 175 Å². The average Bonchev–Trinajstić information content (AvgIpc) is 3.56. The summed E-state index contributed by atoms with van der Waals surface area (Å²) < 4.78 is 23.8. The first kappa shape index (κ1) is 38.8. The summed E-state index contributed by atoms with van der Waals surface area (Å²) in [5.41, 5.74) is 3.10. The molecule has 49 heavy (non-hydrogen) atoms. The molecule has 266 valence electrons. The van der Waals surface area contributed by atoms with E-state index in [2.05, 4.69) is 30.7 Å². The van der Waals surface area contributed by atoms with E-state index in [1.54, 1.807) is 30.5 Å². The fourth-order valence-electron chi connectivity index (χ4n) is 5.35. The van der Waals surface area contributed by atoms with Crippen LogP contribution in [0.15, 0.2) is 36.5 Å². The monoisotopic (exact) mass is 702 g/mol. The van der Waals surface area contributed by atoms with Crippen molar-refractivity contribution in [3.8, 4) is 11.3 Å². The number of cyclic esters (lactones) is 1. The molecule has 2 aliphatic heterocycles. The van der Waals surface area contributed by atoms with E-state index in [0.717, 1.165) is 19.3 Å². The number of carbonyl (C=O) groups is 4. The van der Waals surface area contributed by atoms with Gasteiger partial charge >= 0.3 is 18.2 Å².